The Morgan fingerprint density at radius 2 is 1.86 bits per heavy atom. The number of rotatable bonds is 8. The minimum absolute atomic E-state index is 0.0195. The highest BCUT2D eigenvalue weighted by Crippen LogP contribution is 2.48. The molecule has 0 aromatic carbocycles. The number of fused-ring (bicyclic) bond motifs is 1. The number of imidazole rings is 1. The van der Waals surface area contributed by atoms with Crippen LogP contribution in [0.4, 0.5) is 11.6 Å². The quantitative estimate of drug-likeness (QED) is 0.219. The highest BCUT2D eigenvalue weighted by Gasteiger charge is 2.46. The molecule has 1 amide bonds. The minimum atomic E-state index is -2.02. The van der Waals surface area contributed by atoms with Crippen molar-refractivity contribution in [3.8, 4) is 0 Å². The molecule has 1 unspecified atom stereocenters. The van der Waals surface area contributed by atoms with Crippen molar-refractivity contribution in [1.29, 1.82) is 0 Å². The van der Waals surface area contributed by atoms with Crippen molar-refractivity contribution in [2.45, 2.75) is 88.6 Å². The third-order valence-corrected chi connectivity index (χ3v) is 14.4. The molecule has 4 atom stereocenters. The molecule has 12 heteroatoms. The lowest BCUT2D eigenvalue weighted by Crippen LogP contribution is -2.44. The molecule has 2 aliphatic carbocycles. The summed E-state index contributed by atoms with van der Waals surface area (Å²) in [6.07, 6.45) is 9.20. The van der Waals surface area contributed by atoms with Crippen LogP contribution in [-0.4, -0.2) is 56.4 Å². The smallest absolute Gasteiger partial charge is 0.229 e. The highest BCUT2D eigenvalue weighted by atomic mass is 35.5. The molecule has 5 heterocycles. The van der Waals surface area contributed by atoms with Gasteiger partial charge in [0.25, 0.3) is 0 Å². The molecular formula is C32H39ClN8O2Si. The number of nitrogens with one attached hydrogen (secondary N) is 1. The first-order valence-electron chi connectivity index (χ1n) is 15.5. The number of aromatic nitrogens is 6. The molecule has 4 aromatic rings. The van der Waals surface area contributed by atoms with Gasteiger partial charge in [-0.15, -0.1) is 0 Å². The molecule has 0 radical (unpaired) electrons. The van der Waals surface area contributed by atoms with Gasteiger partial charge in [0.05, 0.1) is 29.7 Å². The molecule has 1 saturated heterocycles. The van der Waals surface area contributed by atoms with Gasteiger partial charge in [0.2, 0.25) is 5.91 Å². The molecule has 0 bridgehead atoms. The van der Waals surface area contributed by atoms with Crippen LogP contribution in [0.25, 0.3) is 5.65 Å². The lowest BCUT2D eigenvalue weighted by molar-refractivity contribution is -0.117. The van der Waals surface area contributed by atoms with Gasteiger partial charge in [0, 0.05) is 53.7 Å². The molecule has 4 aromatic heterocycles. The minimum Gasteiger partial charge on any atom is -0.412 e. The monoisotopic (exact) mass is 630 g/mol. The molecule has 3 aliphatic rings. The van der Waals surface area contributed by atoms with Crippen LogP contribution in [-0.2, 0) is 9.22 Å². The summed E-state index contributed by atoms with van der Waals surface area (Å²) in [6.45, 7) is 12.0. The Bertz CT molecular complexity index is 1720. The van der Waals surface area contributed by atoms with E-state index in [1.807, 2.05) is 16.6 Å². The Hall–Kier alpha value is -3.41. The Morgan fingerprint density at radius 3 is 2.61 bits per heavy atom. The predicted octanol–water partition coefficient (Wildman–Crippen LogP) is 6.53. The van der Waals surface area contributed by atoms with Crippen LogP contribution in [0.2, 0.25) is 23.2 Å². The largest absolute Gasteiger partial charge is 0.412 e. The SMILES string of the molecule is CC(C)(C)[Si](C)(C)OC1C[C@H](c2cn3nc(C4CC4)ccc3n2)N(c2cc(NC(=O)[C@H]3C[C@@H]3c3cc(Cl)ccn3)ncn2)C1. The highest BCUT2D eigenvalue weighted by molar-refractivity contribution is 6.74. The molecule has 230 valence electrons. The van der Waals surface area contributed by atoms with Gasteiger partial charge < -0.3 is 14.6 Å². The van der Waals surface area contributed by atoms with Crippen LogP contribution >= 0.6 is 11.6 Å². The summed E-state index contributed by atoms with van der Waals surface area (Å²) in [5.41, 5.74) is 3.75. The molecule has 0 spiro atoms. The summed E-state index contributed by atoms with van der Waals surface area (Å²) in [6, 6.07) is 9.54. The third-order valence-electron chi connectivity index (χ3n) is 9.67. The summed E-state index contributed by atoms with van der Waals surface area (Å²) in [5.74, 6) is 1.61. The van der Waals surface area contributed by atoms with Crippen molar-refractivity contribution in [2.75, 3.05) is 16.8 Å². The van der Waals surface area contributed by atoms with Crippen molar-refractivity contribution in [3.63, 3.8) is 0 Å². The second-order valence-corrected chi connectivity index (χ2v) is 19.2. The Kier molecular flexibility index (Phi) is 7.25. The van der Waals surface area contributed by atoms with Crippen LogP contribution in [0.5, 0.6) is 0 Å². The zero-order chi connectivity index (χ0) is 30.8. The van der Waals surface area contributed by atoms with E-state index in [0.29, 0.717) is 23.3 Å². The van der Waals surface area contributed by atoms with Gasteiger partial charge in [0.1, 0.15) is 18.0 Å². The van der Waals surface area contributed by atoms with Gasteiger partial charge in [-0.2, -0.15) is 5.10 Å². The fourth-order valence-electron chi connectivity index (χ4n) is 5.91. The summed E-state index contributed by atoms with van der Waals surface area (Å²) in [4.78, 5) is 33.9. The zero-order valence-corrected chi connectivity index (χ0v) is 27.6. The number of halogens is 1. The standard InChI is InChI=1S/C32H39ClN8O2Si/c1-32(2,3)44(4,5)43-21-13-27(26-17-41-29(37-26)9-8-24(39-41)19-6-7-19)40(16-21)30-15-28(35-18-36-30)38-31(42)23-14-22(23)25-12-20(33)10-11-34-25/h8-12,15,17-19,21-23,27H,6-7,13-14,16H2,1-5H3,(H,35,36,38,42)/t21?,22-,23-,27+/m0/s1. The van der Waals surface area contributed by atoms with Crippen LogP contribution < -0.4 is 10.2 Å². The van der Waals surface area contributed by atoms with E-state index >= 15 is 0 Å². The summed E-state index contributed by atoms with van der Waals surface area (Å²) in [7, 11) is -2.02. The van der Waals surface area contributed by atoms with Crippen LogP contribution in [0, 0.1) is 5.92 Å². The first kappa shape index (κ1) is 29.3. The first-order valence-corrected chi connectivity index (χ1v) is 18.8. The maximum atomic E-state index is 13.2. The third kappa shape index (κ3) is 5.84. The van der Waals surface area contributed by atoms with E-state index in [1.54, 1.807) is 12.3 Å². The van der Waals surface area contributed by atoms with Crippen LogP contribution in [0.15, 0.2) is 49.1 Å². The molecule has 2 saturated carbocycles. The molecule has 44 heavy (non-hydrogen) atoms. The maximum Gasteiger partial charge on any atom is 0.229 e. The number of hydrogen-bond donors (Lipinski definition) is 1. The number of carbonyl (C=O) groups is 1. The van der Waals surface area contributed by atoms with Gasteiger partial charge in [-0.05, 0) is 61.7 Å². The molecule has 1 aliphatic heterocycles. The van der Waals surface area contributed by atoms with Crippen molar-refractivity contribution in [3.05, 3.63) is 71.2 Å². The van der Waals surface area contributed by atoms with E-state index in [0.717, 1.165) is 41.4 Å². The Labute approximate surface area is 263 Å². The van der Waals surface area contributed by atoms with E-state index in [1.165, 1.54) is 19.2 Å². The van der Waals surface area contributed by atoms with E-state index in [-0.39, 0.29) is 34.9 Å². The van der Waals surface area contributed by atoms with E-state index in [4.69, 9.17) is 26.1 Å². The molecule has 1 N–H and O–H groups in total. The zero-order valence-electron chi connectivity index (χ0n) is 25.9. The Morgan fingerprint density at radius 1 is 1.05 bits per heavy atom. The molecule has 3 fully saturated rings. The number of nitrogens with zero attached hydrogens (tertiary/aromatic N) is 7. The summed E-state index contributed by atoms with van der Waals surface area (Å²) < 4.78 is 8.83. The fourth-order valence-corrected chi connectivity index (χ4v) is 7.44. The second kappa shape index (κ2) is 10.9. The van der Waals surface area contributed by atoms with Crippen LogP contribution in [0.1, 0.15) is 81.4 Å². The molecule has 10 nitrogen and oxygen atoms in total. The van der Waals surface area contributed by atoms with Gasteiger partial charge >= 0.3 is 0 Å². The lowest BCUT2D eigenvalue weighted by atomic mass is 10.1. The van der Waals surface area contributed by atoms with Crippen molar-refractivity contribution in [2.24, 2.45) is 5.92 Å². The van der Waals surface area contributed by atoms with E-state index in [2.05, 4.69) is 77.4 Å². The van der Waals surface area contributed by atoms with Gasteiger partial charge in [-0.1, -0.05) is 32.4 Å². The van der Waals surface area contributed by atoms with Crippen molar-refractivity contribution < 1.29 is 9.22 Å². The number of pyridine rings is 1. The average Bonchev–Trinajstić information content (AvgIpc) is 3.89. The number of hydrogen-bond acceptors (Lipinski definition) is 8. The van der Waals surface area contributed by atoms with Gasteiger partial charge in [0.15, 0.2) is 14.0 Å². The predicted molar refractivity (Wildman–Crippen MR) is 172 cm³/mol. The fraction of sp³-hybridized carbons (Fsp3) is 0.500. The molecule has 7 rings (SSSR count). The summed E-state index contributed by atoms with van der Waals surface area (Å²) >= 11 is 6.14. The van der Waals surface area contributed by atoms with E-state index < -0.39 is 8.32 Å². The number of carbonyl (C=O) groups excluding carboxylic acids is 1. The average molecular weight is 631 g/mol. The van der Waals surface area contributed by atoms with Gasteiger partial charge in [-0.3, -0.25) is 9.78 Å². The first-order chi connectivity index (χ1) is 20.9. The van der Waals surface area contributed by atoms with Crippen LogP contribution in [0.3, 0.4) is 0 Å². The van der Waals surface area contributed by atoms with Crippen molar-refractivity contribution in [1.82, 2.24) is 29.5 Å². The van der Waals surface area contributed by atoms with Crippen molar-refractivity contribution >= 4 is 43.1 Å². The maximum absolute atomic E-state index is 13.2. The molecular weight excluding hydrogens is 592 g/mol. The number of amides is 1. The topological polar surface area (TPSA) is 110 Å². The van der Waals surface area contributed by atoms with E-state index in [9.17, 15) is 4.79 Å². The number of anilines is 2. The Balaban J connectivity index is 1.14. The normalized spacial score (nSPS) is 23.7. The second-order valence-electron chi connectivity index (χ2n) is 14.0. The summed E-state index contributed by atoms with van der Waals surface area (Å²) in [5, 5.41) is 8.60. The lowest BCUT2D eigenvalue weighted by Gasteiger charge is -2.38. The van der Waals surface area contributed by atoms with Gasteiger partial charge in [-0.25, -0.2) is 19.5 Å².